The first kappa shape index (κ1) is 19.8. The molecule has 1 amide bonds. The van der Waals surface area contributed by atoms with Crippen LogP contribution in [0.5, 0.6) is 0 Å². The summed E-state index contributed by atoms with van der Waals surface area (Å²) in [6.07, 6.45) is -3.76. The van der Waals surface area contributed by atoms with E-state index in [0.29, 0.717) is 22.4 Å². The highest BCUT2D eigenvalue weighted by atomic mass is 35.5. The van der Waals surface area contributed by atoms with E-state index in [1.54, 1.807) is 12.1 Å². The molecule has 2 aromatic carbocycles. The highest BCUT2D eigenvalue weighted by molar-refractivity contribution is 8.13. The van der Waals surface area contributed by atoms with Crippen molar-refractivity contribution in [3.05, 3.63) is 64.2 Å². The zero-order valence-electron chi connectivity index (χ0n) is 14.4. The highest BCUT2D eigenvalue weighted by Crippen LogP contribution is 2.31. The minimum Gasteiger partial charge on any atom is -0.287 e. The SMILES string of the molecule is Cc1ccc(N=C2SCCCN2C(=O)c2cccc(C(F)(F)F)c2)cc1Cl. The van der Waals surface area contributed by atoms with Gasteiger partial charge in [-0.05, 0) is 49.2 Å². The van der Waals surface area contributed by atoms with Gasteiger partial charge in [0.2, 0.25) is 0 Å². The molecule has 0 spiro atoms. The van der Waals surface area contributed by atoms with E-state index in [4.69, 9.17) is 11.6 Å². The van der Waals surface area contributed by atoms with Crippen molar-refractivity contribution in [1.29, 1.82) is 0 Å². The van der Waals surface area contributed by atoms with Crippen molar-refractivity contribution in [3.8, 4) is 0 Å². The number of carbonyl (C=O) groups is 1. The topological polar surface area (TPSA) is 32.7 Å². The lowest BCUT2D eigenvalue weighted by atomic mass is 10.1. The van der Waals surface area contributed by atoms with E-state index < -0.39 is 17.6 Å². The third kappa shape index (κ3) is 4.65. The summed E-state index contributed by atoms with van der Waals surface area (Å²) in [7, 11) is 0. The van der Waals surface area contributed by atoms with Gasteiger partial charge in [0.1, 0.15) is 0 Å². The second kappa shape index (κ2) is 7.94. The molecule has 1 saturated heterocycles. The maximum atomic E-state index is 12.9. The zero-order valence-corrected chi connectivity index (χ0v) is 16.0. The molecule has 1 aliphatic heterocycles. The van der Waals surface area contributed by atoms with Gasteiger partial charge in [-0.2, -0.15) is 13.2 Å². The molecule has 0 aliphatic carbocycles. The van der Waals surface area contributed by atoms with Gasteiger partial charge in [-0.3, -0.25) is 9.69 Å². The predicted octanol–water partition coefficient (Wildman–Crippen LogP) is 5.93. The van der Waals surface area contributed by atoms with Crippen LogP contribution in [0.1, 0.15) is 27.9 Å². The summed E-state index contributed by atoms with van der Waals surface area (Å²) in [5, 5.41) is 1.02. The molecule has 0 saturated carbocycles. The maximum absolute atomic E-state index is 12.9. The van der Waals surface area contributed by atoms with E-state index in [1.807, 2.05) is 13.0 Å². The molecule has 0 unspecified atom stereocenters. The van der Waals surface area contributed by atoms with Crippen LogP contribution >= 0.6 is 23.4 Å². The first-order valence-corrected chi connectivity index (χ1v) is 9.59. The Balaban J connectivity index is 1.92. The molecule has 0 atom stereocenters. The van der Waals surface area contributed by atoms with Crippen molar-refractivity contribution >= 4 is 40.1 Å². The summed E-state index contributed by atoms with van der Waals surface area (Å²) in [5.74, 6) is 0.287. The van der Waals surface area contributed by atoms with E-state index in [-0.39, 0.29) is 5.56 Å². The first-order valence-electron chi connectivity index (χ1n) is 8.22. The number of hydrogen-bond acceptors (Lipinski definition) is 3. The number of halogens is 4. The smallest absolute Gasteiger partial charge is 0.287 e. The predicted molar refractivity (Wildman–Crippen MR) is 103 cm³/mol. The van der Waals surface area contributed by atoms with Crippen LogP contribution in [-0.4, -0.2) is 28.3 Å². The van der Waals surface area contributed by atoms with Crippen LogP contribution in [0.3, 0.4) is 0 Å². The minimum absolute atomic E-state index is 0.0121. The number of hydrogen-bond donors (Lipinski definition) is 0. The van der Waals surface area contributed by atoms with Crippen molar-refractivity contribution in [2.24, 2.45) is 4.99 Å². The average Bonchev–Trinajstić information content (AvgIpc) is 2.64. The Kier molecular flexibility index (Phi) is 5.81. The zero-order chi connectivity index (χ0) is 19.6. The standard InChI is InChI=1S/C19H16ClF3N2OS/c1-12-6-7-15(11-16(12)20)24-18-25(8-3-9-27-18)17(26)13-4-2-5-14(10-13)19(21,22)23/h2,4-7,10-11H,3,8-9H2,1H3. The van der Waals surface area contributed by atoms with Crippen LogP contribution in [0.4, 0.5) is 18.9 Å². The van der Waals surface area contributed by atoms with Gasteiger partial charge in [-0.25, -0.2) is 4.99 Å². The molecule has 3 nitrogen and oxygen atoms in total. The number of aliphatic imine (C=N–C) groups is 1. The van der Waals surface area contributed by atoms with Crippen LogP contribution in [0.2, 0.25) is 5.02 Å². The quantitative estimate of drug-likeness (QED) is 0.612. The van der Waals surface area contributed by atoms with Gasteiger partial charge < -0.3 is 0 Å². The van der Waals surface area contributed by atoms with Crippen molar-refractivity contribution in [2.45, 2.75) is 19.5 Å². The van der Waals surface area contributed by atoms with Gasteiger partial charge in [0.25, 0.3) is 5.91 Å². The molecule has 1 heterocycles. The number of aryl methyl sites for hydroxylation is 1. The third-order valence-corrected chi connectivity index (χ3v) is 5.52. The number of thioether (sulfide) groups is 1. The summed E-state index contributed by atoms with van der Waals surface area (Å²) in [4.78, 5) is 18.8. The Morgan fingerprint density at radius 1 is 1.22 bits per heavy atom. The molecule has 0 N–H and O–H groups in total. The molecule has 0 radical (unpaired) electrons. The molecular weight excluding hydrogens is 397 g/mol. The molecule has 1 aliphatic rings. The lowest BCUT2D eigenvalue weighted by Gasteiger charge is -2.28. The normalized spacial score (nSPS) is 16.6. The molecule has 3 rings (SSSR count). The fourth-order valence-corrected chi connectivity index (χ4v) is 3.72. The fraction of sp³-hybridized carbons (Fsp3) is 0.263. The molecule has 0 bridgehead atoms. The monoisotopic (exact) mass is 412 g/mol. The molecular formula is C19H16ClF3N2OS. The van der Waals surface area contributed by atoms with E-state index in [0.717, 1.165) is 29.9 Å². The number of amidine groups is 1. The Morgan fingerprint density at radius 3 is 2.70 bits per heavy atom. The lowest BCUT2D eigenvalue weighted by molar-refractivity contribution is -0.137. The lowest BCUT2D eigenvalue weighted by Crippen LogP contribution is -2.39. The van der Waals surface area contributed by atoms with Gasteiger partial charge in [-0.1, -0.05) is 35.5 Å². The Hall–Kier alpha value is -1.99. The summed E-state index contributed by atoms with van der Waals surface area (Å²) in [6.45, 7) is 2.28. The second-order valence-corrected chi connectivity index (χ2v) is 7.53. The number of amides is 1. The van der Waals surface area contributed by atoms with E-state index in [1.165, 1.54) is 28.8 Å². The van der Waals surface area contributed by atoms with Crippen LogP contribution < -0.4 is 0 Å². The molecule has 27 heavy (non-hydrogen) atoms. The van der Waals surface area contributed by atoms with Gasteiger partial charge in [0, 0.05) is 22.9 Å². The van der Waals surface area contributed by atoms with Gasteiger partial charge in [0.05, 0.1) is 11.3 Å². The van der Waals surface area contributed by atoms with Crippen LogP contribution in [0, 0.1) is 6.92 Å². The fourth-order valence-electron chi connectivity index (χ4n) is 2.59. The summed E-state index contributed by atoms with van der Waals surface area (Å²) in [5.41, 5.74) is 0.648. The van der Waals surface area contributed by atoms with Crippen molar-refractivity contribution in [2.75, 3.05) is 12.3 Å². The van der Waals surface area contributed by atoms with E-state index in [2.05, 4.69) is 4.99 Å². The van der Waals surface area contributed by atoms with Gasteiger partial charge >= 0.3 is 6.18 Å². The number of nitrogens with zero attached hydrogens (tertiary/aromatic N) is 2. The second-order valence-electron chi connectivity index (χ2n) is 6.07. The third-order valence-electron chi connectivity index (χ3n) is 4.05. The van der Waals surface area contributed by atoms with E-state index >= 15 is 0 Å². The molecule has 8 heteroatoms. The number of rotatable bonds is 2. The molecule has 0 aromatic heterocycles. The molecule has 2 aromatic rings. The largest absolute Gasteiger partial charge is 0.416 e. The minimum atomic E-state index is -4.50. The van der Waals surface area contributed by atoms with Crippen LogP contribution in [-0.2, 0) is 6.18 Å². The van der Waals surface area contributed by atoms with Crippen molar-refractivity contribution in [1.82, 2.24) is 4.90 Å². The first-order chi connectivity index (χ1) is 12.8. The number of carbonyl (C=O) groups excluding carboxylic acids is 1. The van der Waals surface area contributed by atoms with Gasteiger partial charge in [0.15, 0.2) is 5.17 Å². The Morgan fingerprint density at radius 2 is 2.00 bits per heavy atom. The maximum Gasteiger partial charge on any atom is 0.416 e. The Labute approximate surface area is 164 Å². The van der Waals surface area contributed by atoms with Crippen LogP contribution in [0.25, 0.3) is 0 Å². The Bertz CT molecular complexity index is 899. The van der Waals surface area contributed by atoms with Crippen LogP contribution in [0.15, 0.2) is 47.5 Å². The summed E-state index contributed by atoms with van der Waals surface area (Å²) < 4.78 is 38.8. The number of alkyl halides is 3. The molecule has 1 fully saturated rings. The van der Waals surface area contributed by atoms with Crippen molar-refractivity contribution in [3.63, 3.8) is 0 Å². The molecule has 142 valence electrons. The number of benzene rings is 2. The average molecular weight is 413 g/mol. The van der Waals surface area contributed by atoms with Crippen molar-refractivity contribution < 1.29 is 18.0 Å². The highest BCUT2D eigenvalue weighted by Gasteiger charge is 2.32. The van der Waals surface area contributed by atoms with E-state index in [9.17, 15) is 18.0 Å². The van der Waals surface area contributed by atoms with Gasteiger partial charge in [-0.15, -0.1) is 0 Å². The summed E-state index contributed by atoms with van der Waals surface area (Å²) in [6, 6.07) is 9.77. The summed E-state index contributed by atoms with van der Waals surface area (Å²) >= 11 is 7.52.